The van der Waals surface area contributed by atoms with Crippen molar-refractivity contribution < 1.29 is 14.6 Å². The van der Waals surface area contributed by atoms with Crippen LogP contribution >= 0.6 is 0 Å². The summed E-state index contributed by atoms with van der Waals surface area (Å²) >= 11 is 0. The third-order valence-electron chi connectivity index (χ3n) is 5.85. The monoisotopic (exact) mass is 384 g/mol. The van der Waals surface area contributed by atoms with Gasteiger partial charge in [-0.1, -0.05) is 110 Å². The standard InChI is InChI=1S/C24H48O3/c1-4-6-7-8-9-10-11-12-13-14-15-16-17-18-19-20-21-27-23(26)24(3,5-2)22-25/h25H,4-22H2,1-3H3. The lowest BCUT2D eigenvalue weighted by Gasteiger charge is -2.23. The highest BCUT2D eigenvalue weighted by atomic mass is 16.5. The predicted molar refractivity (Wildman–Crippen MR) is 116 cm³/mol. The number of hydrogen-bond acceptors (Lipinski definition) is 3. The molecule has 0 fully saturated rings. The third kappa shape index (κ3) is 15.1. The van der Waals surface area contributed by atoms with E-state index in [1.807, 2.05) is 6.92 Å². The fourth-order valence-corrected chi connectivity index (χ4v) is 3.31. The number of carbonyl (C=O) groups excluding carboxylic acids is 1. The number of ether oxygens (including phenoxy) is 1. The van der Waals surface area contributed by atoms with Crippen LogP contribution in [0.3, 0.4) is 0 Å². The van der Waals surface area contributed by atoms with Gasteiger partial charge in [0.15, 0.2) is 0 Å². The van der Waals surface area contributed by atoms with Crippen molar-refractivity contribution in [2.24, 2.45) is 5.41 Å². The van der Waals surface area contributed by atoms with Gasteiger partial charge in [-0.05, 0) is 19.8 Å². The molecular formula is C24H48O3. The van der Waals surface area contributed by atoms with Gasteiger partial charge in [0.25, 0.3) is 0 Å². The second-order valence-electron chi connectivity index (χ2n) is 8.51. The summed E-state index contributed by atoms with van der Waals surface area (Å²) in [6.07, 6.45) is 22.1. The van der Waals surface area contributed by atoms with E-state index in [2.05, 4.69) is 6.92 Å². The first-order valence-corrected chi connectivity index (χ1v) is 11.9. The predicted octanol–water partition coefficient (Wildman–Crippen LogP) is 7.20. The van der Waals surface area contributed by atoms with Crippen LogP contribution in [0.4, 0.5) is 0 Å². The van der Waals surface area contributed by atoms with Gasteiger partial charge >= 0.3 is 5.97 Å². The van der Waals surface area contributed by atoms with Gasteiger partial charge in [-0.25, -0.2) is 0 Å². The van der Waals surface area contributed by atoms with E-state index in [9.17, 15) is 9.90 Å². The molecule has 0 aliphatic heterocycles. The van der Waals surface area contributed by atoms with Crippen molar-refractivity contribution in [1.29, 1.82) is 0 Å². The Kier molecular flexibility index (Phi) is 18.4. The van der Waals surface area contributed by atoms with Gasteiger partial charge in [0, 0.05) is 0 Å². The molecule has 0 aromatic rings. The quantitative estimate of drug-likeness (QED) is 0.178. The van der Waals surface area contributed by atoms with Crippen LogP contribution in [0.5, 0.6) is 0 Å². The molecule has 0 aliphatic rings. The molecule has 0 amide bonds. The van der Waals surface area contributed by atoms with Crippen LogP contribution < -0.4 is 0 Å². The summed E-state index contributed by atoms with van der Waals surface area (Å²) < 4.78 is 5.31. The van der Waals surface area contributed by atoms with Crippen molar-refractivity contribution >= 4 is 5.97 Å². The van der Waals surface area contributed by atoms with Gasteiger partial charge in [-0.2, -0.15) is 0 Å². The van der Waals surface area contributed by atoms with Crippen molar-refractivity contribution in [3.8, 4) is 0 Å². The van der Waals surface area contributed by atoms with Crippen LogP contribution in [0.15, 0.2) is 0 Å². The molecule has 0 saturated carbocycles. The molecule has 3 heteroatoms. The van der Waals surface area contributed by atoms with Crippen molar-refractivity contribution in [3.63, 3.8) is 0 Å². The van der Waals surface area contributed by atoms with Gasteiger partial charge in [0.05, 0.1) is 18.6 Å². The molecule has 0 spiro atoms. The molecule has 0 aromatic heterocycles. The number of esters is 1. The molecule has 0 bridgehead atoms. The van der Waals surface area contributed by atoms with Gasteiger partial charge in [0.2, 0.25) is 0 Å². The zero-order valence-electron chi connectivity index (χ0n) is 18.7. The summed E-state index contributed by atoms with van der Waals surface area (Å²) in [6, 6.07) is 0. The number of carbonyl (C=O) groups is 1. The van der Waals surface area contributed by atoms with Crippen LogP contribution in [0.2, 0.25) is 0 Å². The lowest BCUT2D eigenvalue weighted by atomic mass is 9.89. The molecule has 1 atom stereocenters. The zero-order chi connectivity index (χ0) is 20.2. The molecule has 0 heterocycles. The molecule has 3 nitrogen and oxygen atoms in total. The number of hydrogen-bond donors (Lipinski definition) is 1. The van der Waals surface area contributed by atoms with Crippen molar-refractivity contribution in [1.82, 2.24) is 0 Å². The van der Waals surface area contributed by atoms with E-state index < -0.39 is 5.41 Å². The minimum Gasteiger partial charge on any atom is -0.465 e. The van der Waals surface area contributed by atoms with Crippen molar-refractivity contribution in [2.75, 3.05) is 13.2 Å². The fourth-order valence-electron chi connectivity index (χ4n) is 3.31. The molecule has 0 rings (SSSR count). The maximum Gasteiger partial charge on any atom is 0.314 e. The Morgan fingerprint density at radius 3 is 1.41 bits per heavy atom. The summed E-state index contributed by atoms with van der Waals surface area (Å²) in [4.78, 5) is 11.9. The molecular weight excluding hydrogens is 336 g/mol. The molecule has 27 heavy (non-hydrogen) atoms. The van der Waals surface area contributed by atoms with Crippen LogP contribution in [0, 0.1) is 5.41 Å². The highest BCUT2D eigenvalue weighted by molar-refractivity contribution is 5.76. The zero-order valence-corrected chi connectivity index (χ0v) is 18.7. The Hall–Kier alpha value is -0.570. The van der Waals surface area contributed by atoms with Crippen molar-refractivity contribution in [2.45, 2.75) is 130 Å². The highest BCUT2D eigenvalue weighted by Gasteiger charge is 2.31. The number of aliphatic hydroxyl groups is 1. The first kappa shape index (κ1) is 26.4. The number of unbranched alkanes of at least 4 members (excludes halogenated alkanes) is 15. The average molecular weight is 385 g/mol. The Bertz CT molecular complexity index is 324. The van der Waals surface area contributed by atoms with Gasteiger partial charge in [-0.3, -0.25) is 4.79 Å². The smallest absolute Gasteiger partial charge is 0.314 e. The lowest BCUT2D eigenvalue weighted by Crippen LogP contribution is -2.33. The van der Waals surface area contributed by atoms with Gasteiger partial charge in [-0.15, -0.1) is 0 Å². The van der Waals surface area contributed by atoms with Crippen molar-refractivity contribution in [3.05, 3.63) is 0 Å². The Morgan fingerprint density at radius 1 is 0.704 bits per heavy atom. The van der Waals surface area contributed by atoms with E-state index in [0.717, 1.165) is 12.8 Å². The van der Waals surface area contributed by atoms with Gasteiger partial charge < -0.3 is 9.84 Å². The number of aliphatic hydroxyl groups excluding tert-OH is 1. The molecule has 1 N–H and O–H groups in total. The highest BCUT2D eigenvalue weighted by Crippen LogP contribution is 2.22. The molecule has 162 valence electrons. The second-order valence-corrected chi connectivity index (χ2v) is 8.51. The summed E-state index contributed by atoms with van der Waals surface area (Å²) in [7, 11) is 0. The largest absolute Gasteiger partial charge is 0.465 e. The normalized spacial score (nSPS) is 13.5. The summed E-state index contributed by atoms with van der Waals surface area (Å²) in [6.45, 7) is 6.31. The maximum absolute atomic E-state index is 11.9. The van der Waals surface area contributed by atoms with Crippen LogP contribution in [0.25, 0.3) is 0 Å². The van der Waals surface area contributed by atoms with E-state index in [1.54, 1.807) is 6.92 Å². The molecule has 1 unspecified atom stereocenters. The number of rotatable bonds is 20. The summed E-state index contributed by atoms with van der Waals surface area (Å²) in [5.74, 6) is -0.256. The Balaban J connectivity index is 3.24. The van der Waals surface area contributed by atoms with Crippen LogP contribution in [-0.2, 0) is 9.53 Å². The van der Waals surface area contributed by atoms with E-state index >= 15 is 0 Å². The SMILES string of the molecule is CCCCCCCCCCCCCCCCCCOC(=O)C(C)(CC)CO. The van der Waals surface area contributed by atoms with Gasteiger partial charge in [0.1, 0.15) is 0 Å². The van der Waals surface area contributed by atoms with Crippen LogP contribution in [0.1, 0.15) is 130 Å². The molecule has 0 radical (unpaired) electrons. The minimum absolute atomic E-state index is 0.138. The lowest BCUT2D eigenvalue weighted by molar-refractivity contribution is -0.157. The molecule has 0 aliphatic carbocycles. The van der Waals surface area contributed by atoms with E-state index in [-0.39, 0.29) is 12.6 Å². The first-order valence-electron chi connectivity index (χ1n) is 11.9. The molecule has 0 saturated heterocycles. The second kappa shape index (κ2) is 18.8. The first-order chi connectivity index (χ1) is 13.1. The topological polar surface area (TPSA) is 46.5 Å². The minimum atomic E-state index is -0.727. The Labute approximate surface area is 169 Å². The van der Waals surface area contributed by atoms with E-state index in [1.165, 1.54) is 89.9 Å². The fraction of sp³-hybridized carbons (Fsp3) is 0.958. The summed E-state index contributed by atoms with van der Waals surface area (Å²) in [5, 5.41) is 9.30. The maximum atomic E-state index is 11.9. The third-order valence-corrected chi connectivity index (χ3v) is 5.85. The molecule has 0 aromatic carbocycles. The average Bonchev–Trinajstić information content (AvgIpc) is 2.69. The Morgan fingerprint density at radius 2 is 1.07 bits per heavy atom. The summed E-state index contributed by atoms with van der Waals surface area (Å²) in [5.41, 5.74) is -0.727. The van der Waals surface area contributed by atoms with E-state index in [4.69, 9.17) is 4.74 Å². The van der Waals surface area contributed by atoms with Crippen LogP contribution in [-0.4, -0.2) is 24.3 Å². The van der Waals surface area contributed by atoms with E-state index in [0.29, 0.717) is 13.0 Å².